The number of carboxylic acids is 1. The van der Waals surface area contributed by atoms with Crippen LogP contribution in [0.25, 0.3) is 0 Å². The number of aliphatic carboxylic acids is 1. The first kappa shape index (κ1) is 16.2. The van der Waals surface area contributed by atoms with Crippen LogP contribution in [-0.4, -0.2) is 34.1 Å². The maximum atomic E-state index is 11.1. The first-order chi connectivity index (χ1) is 11.5. The van der Waals surface area contributed by atoms with Crippen molar-refractivity contribution < 1.29 is 9.90 Å². The molecule has 0 bridgehead atoms. The molecule has 2 N–H and O–H groups in total. The summed E-state index contributed by atoms with van der Waals surface area (Å²) < 4.78 is 0. The van der Waals surface area contributed by atoms with E-state index < -0.39 is 5.97 Å². The molecule has 1 aromatic heterocycles. The molecule has 0 aliphatic carbocycles. The van der Waals surface area contributed by atoms with Crippen molar-refractivity contribution in [1.29, 1.82) is 0 Å². The van der Waals surface area contributed by atoms with Crippen LogP contribution in [0.15, 0.2) is 30.6 Å². The van der Waals surface area contributed by atoms with Gasteiger partial charge in [0.15, 0.2) is 0 Å². The Bertz CT molecular complexity index is 740. The van der Waals surface area contributed by atoms with Gasteiger partial charge in [0.1, 0.15) is 18.0 Å². The van der Waals surface area contributed by atoms with Crippen molar-refractivity contribution in [3.8, 4) is 0 Å². The number of aryl methyl sites for hydroxylation is 1. The highest BCUT2D eigenvalue weighted by Gasteiger charge is 2.25. The van der Waals surface area contributed by atoms with E-state index in [0.29, 0.717) is 25.9 Å². The minimum absolute atomic E-state index is 0.240. The lowest BCUT2D eigenvalue weighted by Gasteiger charge is -2.31. The summed E-state index contributed by atoms with van der Waals surface area (Å²) in [5, 5.41) is 12.4. The van der Waals surface area contributed by atoms with Gasteiger partial charge in [0.25, 0.3) is 0 Å². The third-order valence-electron chi connectivity index (χ3n) is 4.69. The summed E-state index contributed by atoms with van der Waals surface area (Å²) in [5.74, 6) is 0.640. The van der Waals surface area contributed by atoms with Crippen LogP contribution < -0.4 is 10.2 Å². The lowest BCUT2D eigenvalue weighted by molar-refractivity contribution is -0.142. The van der Waals surface area contributed by atoms with Gasteiger partial charge in [-0.05, 0) is 43.9 Å². The largest absolute Gasteiger partial charge is 0.481 e. The number of piperidine rings is 1. The summed E-state index contributed by atoms with van der Waals surface area (Å²) in [6.07, 6.45) is 2.85. The maximum absolute atomic E-state index is 11.1. The van der Waals surface area contributed by atoms with Crippen molar-refractivity contribution in [2.24, 2.45) is 5.92 Å². The molecule has 0 radical (unpaired) electrons. The van der Waals surface area contributed by atoms with Crippen molar-refractivity contribution in [3.05, 3.63) is 41.7 Å². The molecule has 1 saturated heterocycles. The summed E-state index contributed by atoms with van der Waals surface area (Å²) in [6, 6.07) is 8.05. The summed E-state index contributed by atoms with van der Waals surface area (Å²) in [6.45, 7) is 5.57. The molecule has 1 fully saturated rings. The highest BCUT2D eigenvalue weighted by Crippen LogP contribution is 2.25. The average molecular weight is 326 g/mol. The Balaban J connectivity index is 1.73. The summed E-state index contributed by atoms with van der Waals surface area (Å²) in [7, 11) is 0. The van der Waals surface area contributed by atoms with Crippen LogP contribution in [0.4, 0.5) is 17.3 Å². The van der Waals surface area contributed by atoms with E-state index in [2.05, 4.69) is 40.1 Å². The molecule has 0 atom stereocenters. The van der Waals surface area contributed by atoms with Crippen molar-refractivity contribution in [1.82, 2.24) is 9.97 Å². The molecule has 1 aliphatic rings. The predicted molar refractivity (Wildman–Crippen MR) is 93.8 cm³/mol. The second kappa shape index (κ2) is 6.86. The highest BCUT2D eigenvalue weighted by molar-refractivity contribution is 5.70. The number of nitrogens with zero attached hydrogens (tertiary/aromatic N) is 3. The van der Waals surface area contributed by atoms with Gasteiger partial charge in [-0.15, -0.1) is 0 Å². The van der Waals surface area contributed by atoms with Crippen molar-refractivity contribution in [2.45, 2.75) is 26.7 Å². The standard InChI is InChI=1S/C18H22N4O2/c1-12-4-3-5-15(13(12)2)21-16-10-17(20-11-19-16)22-8-6-14(7-9-22)18(23)24/h3-5,10-11,14H,6-9H2,1-2H3,(H,23,24)(H,19,20,21). The second-order valence-electron chi connectivity index (χ2n) is 6.23. The molecule has 6 nitrogen and oxygen atoms in total. The molecule has 1 aliphatic heterocycles. The monoisotopic (exact) mass is 326 g/mol. The Morgan fingerprint density at radius 1 is 1.25 bits per heavy atom. The Labute approximate surface area is 141 Å². The van der Waals surface area contributed by atoms with Gasteiger partial charge in [-0.25, -0.2) is 9.97 Å². The van der Waals surface area contributed by atoms with Gasteiger partial charge < -0.3 is 15.3 Å². The lowest BCUT2D eigenvalue weighted by Crippen LogP contribution is -2.36. The van der Waals surface area contributed by atoms with Crippen LogP contribution in [0.3, 0.4) is 0 Å². The molecule has 0 saturated carbocycles. The van der Waals surface area contributed by atoms with Gasteiger partial charge in [0, 0.05) is 24.8 Å². The zero-order chi connectivity index (χ0) is 17.1. The molecule has 2 aromatic rings. The van der Waals surface area contributed by atoms with E-state index in [0.717, 1.165) is 17.3 Å². The van der Waals surface area contributed by atoms with E-state index in [1.54, 1.807) is 6.33 Å². The molecule has 6 heteroatoms. The normalized spacial score (nSPS) is 15.3. The number of anilines is 3. The van der Waals surface area contributed by atoms with Crippen LogP contribution in [0.2, 0.25) is 0 Å². The van der Waals surface area contributed by atoms with E-state index in [9.17, 15) is 4.79 Å². The highest BCUT2D eigenvalue weighted by atomic mass is 16.4. The molecular formula is C18H22N4O2. The van der Waals surface area contributed by atoms with Crippen molar-refractivity contribution in [2.75, 3.05) is 23.3 Å². The van der Waals surface area contributed by atoms with E-state index in [-0.39, 0.29) is 5.92 Å². The number of aromatic nitrogens is 2. The van der Waals surface area contributed by atoms with Crippen molar-refractivity contribution >= 4 is 23.3 Å². The molecule has 2 heterocycles. The van der Waals surface area contributed by atoms with E-state index in [1.807, 2.05) is 18.2 Å². The topological polar surface area (TPSA) is 78.4 Å². The zero-order valence-corrected chi connectivity index (χ0v) is 14.0. The predicted octanol–water partition coefficient (Wildman–Crippen LogP) is 3.14. The Hall–Kier alpha value is -2.63. The van der Waals surface area contributed by atoms with Gasteiger partial charge in [0.2, 0.25) is 0 Å². The van der Waals surface area contributed by atoms with Gasteiger partial charge in [-0.2, -0.15) is 0 Å². The van der Waals surface area contributed by atoms with E-state index in [4.69, 9.17) is 5.11 Å². The lowest BCUT2D eigenvalue weighted by atomic mass is 9.97. The first-order valence-corrected chi connectivity index (χ1v) is 8.17. The molecule has 126 valence electrons. The van der Waals surface area contributed by atoms with E-state index >= 15 is 0 Å². The molecule has 1 aromatic carbocycles. The van der Waals surface area contributed by atoms with Crippen LogP contribution in [0.1, 0.15) is 24.0 Å². The number of hydrogen-bond donors (Lipinski definition) is 2. The molecular weight excluding hydrogens is 304 g/mol. The number of carboxylic acid groups (broad SMARTS) is 1. The number of hydrogen-bond acceptors (Lipinski definition) is 5. The van der Waals surface area contributed by atoms with Gasteiger partial charge in [0.05, 0.1) is 5.92 Å². The minimum Gasteiger partial charge on any atom is -0.481 e. The third-order valence-corrected chi connectivity index (χ3v) is 4.69. The Kier molecular flexibility index (Phi) is 4.64. The number of rotatable bonds is 4. The fraction of sp³-hybridized carbons (Fsp3) is 0.389. The third kappa shape index (κ3) is 3.48. The smallest absolute Gasteiger partial charge is 0.306 e. The number of benzene rings is 1. The maximum Gasteiger partial charge on any atom is 0.306 e. The van der Waals surface area contributed by atoms with Crippen LogP contribution in [0.5, 0.6) is 0 Å². The molecule has 3 rings (SSSR count). The van der Waals surface area contributed by atoms with Crippen LogP contribution in [0, 0.1) is 19.8 Å². The molecule has 0 amide bonds. The van der Waals surface area contributed by atoms with Crippen LogP contribution >= 0.6 is 0 Å². The molecule has 0 unspecified atom stereocenters. The second-order valence-corrected chi connectivity index (χ2v) is 6.23. The Morgan fingerprint density at radius 3 is 2.71 bits per heavy atom. The average Bonchev–Trinajstić information content (AvgIpc) is 2.59. The Morgan fingerprint density at radius 2 is 2.00 bits per heavy atom. The van der Waals surface area contributed by atoms with Crippen molar-refractivity contribution in [3.63, 3.8) is 0 Å². The van der Waals surface area contributed by atoms with Crippen LogP contribution in [-0.2, 0) is 4.79 Å². The fourth-order valence-corrected chi connectivity index (χ4v) is 2.97. The SMILES string of the molecule is Cc1cccc(Nc2cc(N3CCC(C(=O)O)CC3)ncn2)c1C. The first-order valence-electron chi connectivity index (χ1n) is 8.17. The van der Waals surface area contributed by atoms with Gasteiger partial charge in [-0.3, -0.25) is 4.79 Å². The van der Waals surface area contributed by atoms with E-state index in [1.165, 1.54) is 11.1 Å². The number of carbonyl (C=O) groups is 1. The molecule has 24 heavy (non-hydrogen) atoms. The fourth-order valence-electron chi connectivity index (χ4n) is 2.97. The number of nitrogens with one attached hydrogen (secondary N) is 1. The quantitative estimate of drug-likeness (QED) is 0.899. The molecule has 0 spiro atoms. The summed E-state index contributed by atoms with van der Waals surface area (Å²) in [5.41, 5.74) is 3.45. The summed E-state index contributed by atoms with van der Waals surface area (Å²) >= 11 is 0. The van der Waals surface area contributed by atoms with Gasteiger partial charge in [-0.1, -0.05) is 12.1 Å². The van der Waals surface area contributed by atoms with Gasteiger partial charge >= 0.3 is 5.97 Å². The minimum atomic E-state index is -0.699. The summed E-state index contributed by atoms with van der Waals surface area (Å²) in [4.78, 5) is 21.8. The zero-order valence-electron chi connectivity index (χ0n) is 14.0.